The Bertz CT molecular complexity index is 368. The number of hydrogen-bond donors (Lipinski definition) is 2. The van der Waals surface area contributed by atoms with E-state index in [9.17, 15) is 0 Å². The SMILES string of the molecule is CCCc1nc(NC)c(C)c(NCCCOC)n1. The van der Waals surface area contributed by atoms with Crippen LogP contribution in [0.5, 0.6) is 0 Å². The second kappa shape index (κ2) is 7.87. The van der Waals surface area contributed by atoms with E-state index in [-0.39, 0.29) is 0 Å². The van der Waals surface area contributed by atoms with E-state index < -0.39 is 0 Å². The van der Waals surface area contributed by atoms with E-state index in [1.54, 1.807) is 7.11 Å². The molecule has 1 heterocycles. The van der Waals surface area contributed by atoms with E-state index >= 15 is 0 Å². The van der Waals surface area contributed by atoms with Crippen LogP contribution >= 0.6 is 0 Å². The minimum Gasteiger partial charge on any atom is -0.385 e. The molecule has 18 heavy (non-hydrogen) atoms. The Hall–Kier alpha value is -1.36. The van der Waals surface area contributed by atoms with E-state index in [4.69, 9.17) is 4.74 Å². The normalized spacial score (nSPS) is 10.4. The largest absolute Gasteiger partial charge is 0.385 e. The van der Waals surface area contributed by atoms with E-state index in [0.717, 1.165) is 55.4 Å². The fourth-order valence-corrected chi connectivity index (χ4v) is 1.74. The van der Waals surface area contributed by atoms with Gasteiger partial charge in [-0.15, -0.1) is 0 Å². The molecule has 0 aliphatic rings. The van der Waals surface area contributed by atoms with Gasteiger partial charge in [-0.25, -0.2) is 9.97 Å². The highest BCUT2D eigenvalue weighted by molar-refractivity contribution is 5.56. The molecule has 0 amide bonds. The molecule has 0 radical (unpaired) electrons. The third-order valence-electron chi connectivity index (χ3n) is 2.72. The van der Waals surface area contributed by atoms with Crippen molar-refractivity contribution in [2.45, 2.75) is 33.1 Å². The molecular formula is C13H24N4O. The monoisotopic (exact) mass is 252 g/mol. The molecule has 0 fully saturated rings. The molecule has 2 N–H and O–H groups in total. The maximum absolute atomic E-state index is 5.03. The van der Waals surface area contributed by atoms with Crippen molar-refractivity contribution < 1.29 is 4.74 Å². The van der Waals surface area contributed by atoms with Crippen molar-refractivity contribution in [3.05, 3.63) is 11.4 Å². The van der Waals surface area contributed by atoms with Gasteiger partial charge >= 0.3 is 0 Å². The average molecular weight is 252 g/mol. The van der Waals surface area contributed by atoms with Crippen LogP contribution in [0.15, 0.2) is 0 Å². The van der Waals surface area contributed by atoms with Gasteiger partial charge in [0.25, 0.3) is 0 Å². The zero-order chi connectivity index (χ0) is 13.4. The molecule has 0 aliphatic heterocycles. The summed E-state index contributed by atoms with van der Waals surface area (Å²) in [6.45, 7) is 5.78. The lowest BCUT2D eigenvalue weighted by atomic mass is 10.2. The first-order valence-electron chi connectivity index (χ1n) is 6.51. The lowest BCUT2D eigenvalue weighted by Crippen LogP contribution is -2.11. The highest BCUT2D eigenvalue weighted by Crippen LogP contribution is 2.19. The molecule has 0 aliphatic carbocycles. The minimum atomic E-state index is 0.762. The van der Waals surface area contributed by atoms with E-state index in [1.807, 2.05) is 14.0 Å². The molecule has 102 valence electrons. The lowest BCUT2D eigenvalue weighted by Gasteiger charge is -2.13. The molecule has 0 aromatic carbocycles. The predicted octanol–water partition coefficient (Wildman–Crippen LogP) is 2.23. The lowest BCUT2D eigenvalue weighted by molar-refractivity contribution is 0.197. The van der Waals surface area contributed by atoms with E-state index in [1.165, 1.54) is 0 Å². The molecule has 5 nitrogen and oxygen atoms in total. The summed E-state index contributed by atoms with van der Waals surface area (Å²) in [5, 5.41) is 6.47. The van der Waals surface area contributed by atoms with E-state index in [0.29, 0.717) is 0 Å². The van der Waals surface area contributed by atoms with Gasteiger partial charge in [0.15, 0.2) is 0 Å². The molecule has 0 atom stereocenters. The van der Waals surface area contributed by atoms with Gasteiger partial charge in [0.1, 0.15) is 17.5 Å². The molecule has 0 saturated carbocycles. The molecule has 1 aromatic heterocycles. The van der Waals surface area contributed by atoms with Gasteiger partial charge in [0, 0.05) is 39.3 Å². The summed E-state index contributed by atoms with van der Waals surface area (Å²) in [4.78, 5) is 9.06. The highest BCUT2D eigenvalue weighted by atomic mass is 16.5. The van der Waals surface area contributed by atoms with Crippen molar-refractivity contribution >= 4 is 11.6 Å². The first-order valence-corrected chi connectivity index (χ1v) is 6.51. The number of rotatable bonds is 8. The molecular weight excluding hydrogens is 228 g/mol. The number of nitrogens with zero attached hydrogens (tertiary/aromatic N) is 2. The topological polar surface area (TPSA) is 59.1 Å². The van der Waals surface area contributed by atoms with Crippen LogP contribution in [0.4, 0.5) is 11.6 Å². The standard InChI is InChI=1S/C13H24N4O/c1-5-7-11-16-12(14-3)10(2)13(17-11)15-8-6-9-18-4/h5-9H2,1-4H3,(H2,14,15,16,17). The quantitative estimate of drug-likeness (QED) is 0.695. The van der Waals surface area contributed by atoms with E-state index in [2.05, 4.69) is 27.5 Å². The smallest absolute Gasteiger partial charge is 0.134 e. The zero-order valence-electron chi connectivity index (χ0n) is 11.8. The summed E-state index contributed by atoms with van der Waals surface area (Å²) in [5.41, 5.74) is 1.06. The van der Waals surface area contributed by atoms with Gasteiger partial charge in [0.2, 0.25) is 0 Å². The third-order valence-corrected chi connectivity index (χ3v) is 2.72. The maximum Gasteiger partial charge on any atom is 0.134 e. The number of aromatic nitrogens is 2. The molecule has 0 spiro atoms. The predicted molar refractivity (Wildman–Crippen MR) is 75.3 cm³/mol. The van der Waals surface area contributed by atoms with Crippen molar-refractivity contribution in [3.63, 3.8) is 0 Å². The minimum absolute atomic E-state index is 0.762. The Labute approximate surface area is 109 Å². The zero-order valence-corrected chi connectivity index (χ0v) is 11.8. The molecule has 1 rings (SSSR count). The van der Waals surface area contributed by atoms with Gasteiger partial charge in [-0.05, 0) is 19.8 Å². The molecule has 1 aromatic rings. The Morgan fingerprint density at radius 2 is 1.94 bits per heavy atom. The fraction of sp³-hybridized carbons (Fsp3) is 0.692. The van der Waals surface area contributed by atoms with Crippen LogP contribution in [0, 0.1) is 6.92 Å². The van der Waals surface area contributed by atoms with Crippen molar-refractivity contribution in [1.82, 2.24) is 9.97 Å². The summed E-state index contributed by atoms with van der Waals surface area (Å²) in [5.74, 6) is 2.72. The molecule has 0 saturated heterocycles. The number of ether oxygens (including phenoxy) is 1. The van der Waals surface area contributed by atoms with Gasteiger partial charge in [-0.2, -0.15) is 0 Å². The van der Waals surface area contributed by atoms with Crippen LogP contribution in [0.25, 0.3) is 0 Å². The Morgan fingerprint density at radius 3 is 2.56 bits per heavy atom. The summed E-state index contributed by atoms with van der Waals surface area (Å²) < 4.78 is 5.03. The Balaban J connectivity index is 2.77. The van der Waals surface area contributed by atoms with Crippen LogP contribution in [-0.4, -0.2) is 37.3 Å². The number of methoxy groups -OCH3 is 1. The van der Waals surface area contributed by atoms with Crippen LogP contribution in [0.1, 0.15) is 31.2 Å². The first-order chi connectivity index (χ1) is 8.72. The number of nitrogens with one attached hydrogen (secondary N) is 2. The Morgan fingerprint density at radius 1 is 1.22 bits per heavy atom. The molecule has 0 bridgehead atoms. The van der Waals surface area contributed by atoms with Crippen LogP contribution < -0.4 is 10.6 Å². The Kier molecular flexibility index (Phi) is 6.43. The summed E-state index contributed by atoms with van der Waals surface area (Å²) in [6.07, 6.45) is 2.93. The maximum atomic E-state index is 5.03. The van der Waals surface area contributed by atoms with Gasteiger partial charge in [-0.1, -0.05) is 6.92 Å². The first kappa shape index (κ1) is 14.7. The molecule has 0 unspecified atom stereocenters. The number of hydrogen-bond acceptors (Lipinski definition) is 5. The van der Waals surface area contributed by atoms with Gasteiger partial charge < -0.3 is 15.4 Å². The van der Waals surface area contributed by atoms with Crippen LogP contribution in [0.2, 0.25) is 0 Å². The summed E-state index contributed by atoms with van der Waals surface area (Å²) >= 11 is 0. The summed E-state index contributed by atoms with van der Waals surface area (Å²) in [7, 11) is 3.61. The summed E-state index contributed by atoms with van der Waals surface area (Å²) in [6, 6.07) is 0. The number of anilines is 2. The average Bonchev–Trinajstić information content (AvgIpc) is 2.38. The third kappa shape index (κ3) is 4.14. The van der Waals surface area contributed by atoms with Crippen LogP contribution in [0.3, 0.4) is 0 Å². The van der Waals surface area contributed by atoms with Crippen molar-refractivity contribution in [2.24, 2.45) is 0 Å². The van der Waals surface area contributed by atoms with Crippen molar-refractivity contribution in [2.75, 3.05) is 37.9 Å². The number of aryl methyl sites for hydroxylation is 1. The van der Waals surface area contributed by atoms with Crippen molar-refractivity contribution in [1.29, 1.82) is 0 Å². The van der Waals surface area contributed by atoms with Gasteiger partial charge in [0.05, 0.1) is 0 Å². The second-order valence-electron chi connectivity index (χ2n) is 4.24. The van der Waals surface area contributed by atoms with Crippen LogP contribution in [-0.2, 0) is 11.2 Å². The fourth-order valence-electron chi connectivity index (χ4n) is 1.74. The van der Waals surface area contributed by atoms with Crippen molar-refractivity contribution in [3.8, 4) is 0 Å². The second-order valence-corrected chi connectivity index (χ2v) is 4.24. The molecule has 5 heteroatoms. The van der Waals surface area contributed by atoms with Gasteiger partial charge in [-0.3, -0.25) is 0 Å². The highest BCUT2D eigenvalue weighted by Gasteiger charge is 2.09.